The summed E-state index contributed by atoms with van der Waals surface area (Å²) >= 11 is 0. The molecule has 0 unspecified atom stereocenters. The SMILES string of the molecule is CC1(C)c2cccc(c2)-c2cccc(c2)C(C)(C)c2nc(co2)-c2coc1n2. The largest absolute Gasteiger partial charge is 0.447 e. The summed E-state index contributed by atoms with van der Waals surface area (Å²) in [5, 5.41) is 0. The lowest BCUT2D eigenvalue weighted by molar-refractivity contribution is 0.412. The Morgan fingerprint density at radius 2 is 1.07 bits per heavy atom. The van der Waals surface area contributed by atoms with Crippen LogP contribution in [0.25, 0.3) is 22.5 Å². The maximum atomic E-state index is 5.88. The van der Waals surface area contributed by atoms with E-state index in [0.717, 1.165) is 11.1 Å². The minimum atomic E-state index is -0.373. The molecule has 0 atom stereocenters. The summed E-state index contributed by atoms with van der Waals surface area (Å²) in [6.07, 6.45) is 3.32. The van der Waals surface area contributed by atoms with E-state index in [2.05, 4.69) is 76.2 Å². The molecule has 2 aromatic carbocycles. The third-order valence-corrected chi connectivity index (χ3v) is 5.84. The lowest BCUT2D eigenvalue weighted by Gasteiger charge is -2.24. The van der Waals surface area contributed by atoms with E-state index in [9.17, 15) is 0 Å². The standard InChI is InChI=1S/C24H22N2O2/c1-23(2)17-9-5-7-15(11-17)16-8-6-10-18(12-16)24(3,4)22-26-20(14-28-22)19-13-27-21(23)25-19/h5-14H,1-4H3. The van der Waals surface area contributed by atoms with Crippen molar-refractivity contribution in [2.75, 3.05) is 0 Å². The van der Waals surface area contributed by atoms with Crippen molar-refractivity contribution in [3.8, 4) is 22.5 Å². The molecule has 5 rings (SSSR count). The van der Waals surface area contributed by atoms with Crippen LogP contribution < -0.4 is 0 Å². The fraction of sp³-hybridized carbons (Fsp3) is 0.250. The monoisotopic (exact) mass is 370 g/mol. The van der Waals surface area contributed by atoms with Gasteiger partial charge in [0.15, 0.2) is 0 Å². The zero-order chi connectivity index (χ0) is 19.5. The molecule has 4 nitrogen and oxygen atoms in total. The van der Waals surface area contributed by atoms with Crippen molar-refractivity contribution in [2.24, 2.45) is 0 Å². The predicted molar refractivity (Wildman–Crippen MR) is 108 cm³/mol. The van der Waals surface area contributed by atoms with Crippen LogP contribution in [-0.4, -0.2) is 9.97 Å². The van der Waals surface area contributed by atoms with Crippen LogP contribution in [0.4, 0.5) is 0 Å². The highest BCUT2D eigenvalue weighted by Crippen LogP contribution is 2.38. The van der Waals surface area contributed by atoms with Crippen molar-refractivity contribution < 1.29 is 8.83 Å². The average Bonchev–Trinajstić information content (AvgIpc) is 3.37. The van der Waals surface area contributed by atoms with Crippen molar-refractivity contribution in [1.29, 1.82) is 0 Å². The summed E-state index contributed by atoms with van der Waals surface area (Å²) in [4.78, 5) is 9.47. The van der Waals surface area contributed by atoms with Crippen LogP contribution in [0.2, 0.25) is 0 Å². The maximum absolute atomic E-state index is 5.88. The van der Waals surface area contributed by atoms with Crippen LogP contribution in [-0.2, 0) is 10.8 Å². The molecule has 28 heavy (non-hydrogen) atoms. The van der Waals surface area contributed by atoms with Crippen LogP contribution in [0, 0.1) is 0 Å². The molecule has 0 spiro atoms. The first-order valence-corrected chi connectivity index (χ1v) is 9.49. The summed E-state index contributed by atoms with van der Waals surface area (Å²) in [5.74, 6) is 1.32. The normalized spacial score (nSPS) is 16.4. The smallest absolute Gasteiger partial charge is 0.204 e. The van der Waals surface area contributed by atoms with Gasteiger partial charge in [0.25, 0.3) is 0 Å². The Kier molecular flexibility index (Phi) is 3.45. The van der Waals surface area contributed by atoms with E-state index in [4.69, 9.17) is 18.8 Å². The third kappa shape index (κ3) is 2.44. The fourth-order valence-corrected chi connectivity index (χ4v) is 3.78. The van der Waals surface area contributed by atoms with E-state index in [1.165, 1.54) is 11.1 Å². The number of hydrogen-bond acceptors (Lipinski definition) is 4. The van der Waals surface area contributed by atoms with Gasteiger partial charge in [-0.05, 0) is 49.9 Å². The first kappa shape index (κ1) is 17.0. The Morgan fingerprint density at radius 1 is 0.643 bits per heavy atom. The second-order valence-electron chi connectivity index (χ2n) is 8.49. The summed E-state index contributed by atoms with van der Waals surface area (Å²) in [7, 11) is 0. The number of fused-ring (bicyclic) bond motifs is 10. The van der Waals surface area contributed by atoms with Crippen LogP contribution in [0.15, 0.2) is 69.9 Å². The van der Waals surface area contributed by atoms with Crippen LogP contribution in [0.1, 0.15) is 50.6 Å². The molecule has 3 heterocycles. The number of rotatable bonds is 0. The van der Waals surface area contributed by atoms with E-state index < -0.39 is 0 Å². The first-order chi connectivity index (χ1) is 13.4. The molecular formula is C24H22N2O2. The van der Waals surface area contributed by atoms with Crippen LogP contribution >= 0.6 is 0 Å². The summed E-state index contributed by atoms with van der Waals surface area (Å²) in [5.41, 5.74) is 5.28. The minimum Gasteiger partial charge on any atom is -0.447 e. The van der Waals surface area contributed by atoms with Gasteiger partial charge >= 0.3 is 0 Å². The predicted octanol–water partition coefficient (Wildman–Crippen LogP) is 5.96. The zero-order valence-electron chi connectivity index (χ0n) is 16.5. The minimum absolute atomic E-state index is 0.373. The molecule has 1 aliphatic rings. The highest BCUT2D eigenvalue weighted by Gasteiger charge is 2.32. The van der Waals surface area contributed by atoms with Gasteiger partial charge in [0.2, 0.25) is 11.8 Å². The molecule has 0 saturated heterocycles. The van der Waals surface area contributed by atoms with Crippen molar-refractivity contribution >= 4 is 0 Å². The molecule has 4 heteroatoms. The molecule has 0 saturated carbocycles. The van der Waals surface area contributed by atoms with E-state index in [0.29, 0.717) is 23.2 Å². The molecule has 8 bridgehead atoms. The zero-order valence-corrected chi connectivity index (χ0v) is 16.5. The highest BCUT2D eigenvalue weighted by atomic mass is 16.3. The van der Waals surface area contributed by atoms with Crippen LogP contribution in [0.3, 0.4) is 0 Å². The van der Waals surface area contributed by atoms with Gasteiger partial charge in [-0.25, -0.2) is 9.97 Å². The molecule has 0 N–H and O–H groups in total. The Bertz CT molecular complexity index is 1090. The Morgan fingerprint density at radius 3 is 1.50 bits per heavy atom. The van der Waals surface area contributed by atoms with Gasteiger partial charge in [-0.15, -0.1) is 0 Å². The Balaban J connectivity index is 1.82. The molecule has 1 aliphatic heterocycles. The van der Waals surface area contributed by atoms with Gasteiger partial charge in [-0.3, -0.25) is 0 Å². The average molecular weight is 370 g/mol. The number of hydrogen-bond donors (Lipinski definition) is 0. The van der Waals surface area contributed by atoms with Gasteiger partial charge < -0.3 is 8.83 Å². The molecule has 0 radical (unpaired) electrons. The number of oxazole rings is 2. The number of aromatic nitrogens is 2. The second-order valence-corrected chi connectivity index (χ2v) is 8.49. The van der Waals surface area contributed by atoms with Gasteiger partial charge in [0.05, 0.1) is 10.8 Å². The fourth-order valence-electron chi connectivity index (χ4n) is 3.78. The molecule has 2 aromatic heterocycles. The molecule has 0 amide bonds. The van der Waals surface area contributed by atoms with Crippen molar-refractivity contribution in [3.63, 3.8) is 0 Å². The molecular weight excluding hydrogens is 348 g/mol. The summed E-state index contributed by atoms with van der Waals surface area (Å²) in [6.45, 7) is 8.51. The lowest BCUT2D eigenvalue weighted by atomic mass is 9.81. The molecule has 4 aromatic rings. The van der Waals surface area contributed by atoms with Crippen LogP contribution in [0.5, 0.6) is 0 Å². The number of nitrogens with zero attached hydrogens (tertiary/aromatic N) is 2. The summed E-state index contributed by atoms with van der Waals surface area (Å²) in [6, 6.07) is 17.2. The second kappa shape index (κ2) is 5.68. The van der Waals surface area contributed by atoms with Gasteiger partial charge in [0.1, 0.15) is 23.9 Å². The highest BCUT2D eigenvalue weighted by molar-refractivity contribution is 5.66. The molecule has 0 aliphatic carbocycles. The maximum Gasteiger partial charge on any atom is 0.204 e. The topological polar surface area (TPSA) is 52.1 Å². The Labute approximate surface area is 164 Å². The summed E-state index contributed by atoms with van der Waals surface area (Å²) < 4.78 is 11.8. The van der Waals surface area contributed by atoms with Crippen molar-refractivity contribution in [3.05, 3.63) is 84.0 Å². The van der Waals surface area contributed by atoms with Gasteiger partial charge in [-0.1, -0.05) is 48.5 Å². The lowest BCUT2D eigenvalue weighted by Crippen LogP contribution is -2.20. The third-order valence-electron chi connectivity index (χ3n) is 5.84. The van der Waals surface area contributed by atoms with E-state index >= 15 is 0 Å². The van der Waals surface area contributed by atoms with Gasteiger partial charge in [-0.2, -0.15) is 0 Å². The molecule has 140 valence electrons. The first-order valence-electron chi connectivity index (χ1n) is 9.49. The van der Waals surface area contributed by atoms with Crippen molar-refractivity contribution in [1.82, 2.24) is 9.97 Å². The number of benzene rings is 2. The van der Waals surface area contributed by atoms with Crippen molar-refractivity contribution in [2.45, 2.75) is 38.5 Å². The van der Waals surface area contributed by atoms with E-state index in [1.54, 1.807) is 12.5 Å². The molecule has 0 fully saturated rings. The quantitative estimate of drug-likeness (QED) is 0.383. The Hall–Kier alpha value is -3.14. The van der Waals surface area contributed by atoms with E-state index in [-0.39, 0.29) is 10.8 Å². The van der Waals surface area contributed by atoms with Gasteiger partial charge in [0, 0.05) is 0 Å². The van der Waals surface area contributed by atoms with E-state index in [1.807, 2.05) is 0 Å².